The van der Waals surface area contributed by atoms with Gasteiger partial charge < -0.3 is 9.30 Å². The first-order valence-electron chi connectivity index (χ1n) is 10.3. The molecule has 0 saturated carbocycles. The van der Waals surface area contributed by atoms with Gasteiger partial charge in [0.05, 0.1) is 25.2 Å². The number of hydrogen-bond donors (Lipinski definition) is 1. The summed E-state index contributed by atoms with van der Waals surface area (Å²) in [5.74, 6) is -1.06. The van der Waals surface area contributed by atoms with Gasteiger partial charge in [0.1, 0.15) is 10.5 Å². The molecule has 0 aliphatic rings. The maximum absolute atomic E-state index is 13.4. The second-order valence-corrected chi connectivity index (χ2v) is 9.32. The van der Waals surface area contributed by atoms with E-state index in [1.807, 2.05) is 20.0 Å². The Morgan fingerprint density at radius 3 is 2.45 bits per heavy atom. The number of aromatic amines is 1. The van der Waals surface area contributed by atoms with Crippen molar-refractivity contribution in [3.63, 3.8) is 0 Å². The first-order valence-corrected chi connectivity index (χ1v) is 11.2. The van der Waals surface area contributed by atoms with E-state index in [0.29, 0.717) is 21.8 Å². The molecule has 1 unspecified atom stereocenters. The van der Waals surface area contributed by atoms with Crippen molar-refractivity contribution in [2.24, 2.45) is 20.0 Å². The molecule has 0 bridgehead atoms. The van der Waals surface area contributed by atoms with Gasteiger partial charge in [-0.3, -0.25) is 24.0 Å². The molecule has 33 heavy (non-hydrogen) atoms. The molecule has 0 aromatic carbocycles. The first kappa shape index (κ1) is 24.5. The van der Waals surface area contributed by atoms with E-state index < -0.39 is 23.1 Å². The molecule has 0 fully saturated rings. The third-order valence-corrected chi connectivity index (χ3v) is 6.82. The Balaban J connectivity index is 2.37. The number of methoxy groups -OCH3 is 1. The molecule has 178 valence electrons. The van der Waals surface area contributed by atoms with Crippen LogP contribution in [0.2, 0.25) is 0 Å². The molecule has 1 N–H and O–H groups in total. The van der Waals surface area contributed by atoms with Crippen LogP contribution >= 0.6 is 11.3 Å². The zero-order valence-corrected chi connectivity index (χ0v) is 20.5. The number of ether oxygens (including phenoxy) is 1. The topological polar surface area (TPSA) is 116 Å². The molecule has 0 aliphatic carbocycles. The maximum atomic E-state index is 13.4. The number of esters is 1. The first-order chi connectivity index (χ1) is 15.5. The van der Waals surface area contributed by atoms with Crippen LogP contribution in [0.25, 0.3) is 10.2 Å². The Labute approximate surface area is 194 Å². The number of aromatic nitrogens is 3. The molecule has 3 aromatic rings. The average Bonchev–Trinajstić information content (AvgIpc) is 3.34. The van der Waals surface area contributed by atoms with Crippen molar-refractivity contribution in [2.75, 3.05) is 21.3 Å². The monoisotopic (exact) mass is 476 g/mol. The molecular formula is C22H28N4O6S. The normalized spacial score (nSPS) is 12.4. The molecular weight excluding hydrogens is 448 g/mol. The number of thiophene rings is 1. The summed E-state index contributed by atoms with van der Waals surface area (Å²) in [5, 5.41) is 1.19. The predicted octanol–water partition coefficient (Wildman–Crippen LogP) is 2.22. The largest absolute Gasteiger partial charge is 0.464 e. The molecule has 3 heterocycles. The van der Waals surface area contributed by atoms with Crippen LogP contribution < -0.4 is 11.2 Å². The second-order valence-electron chi connectivity index (χ2n) is 8.27. The molecule has 0 spiro atoms. The smallest absolute Gasteiger partial charge is 0.354 e. The lowest BCUT2D eigenvalue weighted by Gasteiger charge is -2.20. The van der Waals surface area contributed by atoms with Gasteiger partial charge >= 0.3 is 11.7 Å². The third-order valence-electron chi connectivity index (χ3n) is 5.60. The van der Waals surface area contributed by atoms with Crippen LogP contribution in [0.3, 0.4) is 0 Å². The molecule has 1 amide bonds. The van der Waals surface area contributed by atoms with Gasteiger partial charge in [-0.25, -0.2) is 14.7 Å². The number of carbonyl (C=O) groups is 2. The van der Waals surface area contributed by atoms with E-state index in [2.05, 4.69) is 4.98 Å². The van der Waals surface area contributed by atoms with Crippen LogP contribution in [0, 0.1) is 5.92 Å². The Hall–Kier alpha value is -3.18. The number of amides is 1. The van der Waals surface area contributed by atoms with Crippen LogP contribution in [0.15, 0.2) is 21.9 Å². The standard InChI is InChI=1S/C22H28N4O6S/c1-11(2)8-13(12-9-14(21(29)31-6)24(3)10-12)17-15(20(28)26(5)32-7)16-18(33-17)23-22(30)25(4)19(16)27/h9-11,13H,8H2,1-7H3,(H,23,30). The molecule has 3 rings (SSSR count). The van der Waals surface area contributed by atoms with E-state index in [9.17, 15) is 19.2 Å². The van der Waals surface area contributed by atoms with Crippen LogP contribution in [-0.2, 0) is 23.7 Å². The summed E-state index contributed by atoms with van der Waals surface area (Å²) in [4.78, 5) is 59.6. The van der Waals surface area contributed by atoms with Crippen molar-refractivity contribution in [1.29, 1.82) is 0 Å². The van der Waals surface area contributed by atoms with Crippen molar-refractivity contribution >= 4 is 33.4 Å². The fourth-order valence-electron chi connectivity index (χ4n) is 3.83. The quantitative estimate of drug-likeness (QED) is 0.413. The van der Waals surface area contributed by atoms with Gasteiger partial charge in [0, 0.05) is 38.1 Å². The Morgan fingerprint density at radius 2 is 1.88 bits per heavy atom. The fraction of sp³-hybridized carbons (Fsp3) is 0.455. The van der Waals surface area contributed by atoms with Crippen molar-refractivity contribution in [2.45, 2.75) is 26.2 Å². The fourth-order valence-corrected chi connectivity index (χ4v) is 5.15. The number of H-pyrrole nitrogens is 1. The van der Waals surface area contributed by atoms with Crippen LogP contribution in [-0.4, -0.2) is 52.3 Å². The van der Waals surface area contributed by atoms with Gasteiger partial charge in [0.2, 0.25) is 0 Å². The van der Waals surface area contributed by atoms with Crippen molar-refractivity contribution in [3.05, 3.63) is 54.8 Å². The Morgan fingerprint density at radius 1 is 1.21 bits per heavy atom. The van der Waals surface area contributed by atoms with Gasteiger partial charge in [-0.1, -0.05) is 13.8 Å². The van der Waals surface area contributed by atoms with Crippen LogP contribution in [0.5, 0.6) is 0 Å². The number of hydrogen-bond acceptors (Lipinski definition) is 7. The summed E-state index contributed by atoms with van der Waals surface area (Å²) in [7, 11) is 7.23. The lowest BCUT2D eigenvalue weighted by molar-refractivity contribution is -0.0756. The van der Waals surface area contributed by atoms with Crippen molar-refractivity contribution < 1.29 is 19.2 Å². The van der Waals surface area contributed by atoms with E-state index in [0.717, 1.165) is 15.2 Å². The molecule has 0 saturated heterocycles. The summed E-state index contributed by atoms with van der Waals surface area (Å²) in [6.07, 6.45) is 2.46. The van der Waals surface area contributed by atoms with Gasteiger partial charge in [0.15, 0.2) is 0 Å². The molecule has 0 aliphatic heterocycles. The van der Waals surface area contributed by atoms with E-state index in [-0.39, 0.29) is 22.8 Å². The molecule has 10 nitrogen and oxygen atoms in total. The van der Waals surface area contributed by atoms with Gasteiger partial charge in [-0.2, -0.15) is 0 Å². The Kier molecular flexibility index (Phi) is 6.94. The summed E-state index contributed by atoms with van der Waals surface area (Å²) in [6.45, 7) is 4.10. The summed E-state index contributed by atoms with van der Waals surface area (Å²) in [5.41, 5.74) is 0.230. The minimum Gasteiger partial charge on any atom is -0.464 e. The highest BCUT2D eigenvalue weighted by molar-refractivity contribution is 7.19. The number of fused-ring (bicyclic) bond motifs is 1. The highest BCUT2D eigenvalue weighted by Gasteiger charge is 2.32. The number of nitrogens with one attached hydrogen (secondary N) is 1. The number of hydroxylamine groups is 2. The number of aryl methyl sites for hydroxylation is 1. The lowest BCUT2D eigenvalue weighted by atomic mass is 9.88. The van der Waals surface area contributed by atoms with Gasteiger partial charge in [-0.15, -0.1) is 11.3 Å². The van der Waals surface area contributed by atoms with E-state index in [1.165, 1.54) is 39.7 Å². The SMILES string of the molecule is COC(=O)c1cc(C(CC(C)C)c2sc3[nH]c(=O)n(C)c(=O)c3c2C(=O)N(C)OC)cn1C. The highest BCUT2D eigenvalue weighted by atomic mass is 32.1. The van der Waals surface area contributed by atoms with E-state index in [4.69, 9.17) is 9.57 Å². The maximum Gasteiger partial charge on any atom is 0.354 e. The summed E-state index contributed by atoms with van der Waals surface area (Å²) in [6, 6.07) is 1.73. The second kappa shape index (κ2) is 9.36. The molecule has 11 heteroatoms. The highest BCUT2D eigenvalue weighted by Crippen LogP contribution is 2.41. The minimum absolute atomic E-state index is 0.142. The van der Waals surface area contributed by atoms with Crippen molar-refractivity contribution in [1.82, 2.24) is 19.2 Å². The minimum atomic E-state index is -0.563. The molecule has 0 radical (unpaired) electrons. The average molecular weight is 477 g/mol. The van der Waals surface area contributed by atoms with E-state index >= 15 is 0 Å². The predicted molar refractivity (Wildman–Crippen MR) is 125 cm³/mol. The van der Waals surface area contributed by atoms with Gasteiger partial charge in [-0.05, 0) is 24.0 Å². The summed E-state index contributed by atoms with van der Waals surface area (Å²) >= 11 is 1.19. The molecule has 3 aromatic heterocycles. The van der Waals surface area contributed by atoms with Crippen LogP contribution in [0.4, 0.5) is 0 Å². The van der Waals surface area contributed by atoms with Gasteiger partial charge in [0.25, 0.3) is 11.5 Å². The number of carbonyl (C=O) groups excluding carboxylic acids is 2. The molecule has 1 atom stereocenters. The zero-order chi connectivity index (χ0) is 24.6. The summed E-state index contributed by atoms with van der Waals surface area (Å²) < 4.78 is 7.49. The third kappa shape index (κ3) is 4.38. The number of rotatable bonds is 7. The van der Waals surface area contributed by atoms with E-state index in [1.54, 1.807) is 17.7 Å². The Bertz CT molecular complexity index is 1330. The number of nitrogens with zero attached hydrogens (tertiary/aromatic N) is 3. The zero-order valence-electron chi connectivity index (χ0n) is 19.7. The van der Waals surface area contributed by atoms with Crippen molar-refractivity contribution in [3.8, 4) is 0 Å². The lowest BCUT2D eigenvalue weighted by Crippen LogP contribution is -2.34. The van der Waals surface area contributed by atoms with Crippen LogP contribution in [0.1, 0.15) is 57.5 Å².